The third kappa shape index (κ3) is 3.50. The van der Waals surface area contributed by atoms with Gasteiger partial charge in [0.1, 0.15) is 11.6 Å². The molecule has 4 N–H and O–H groups in total. The van der Waals surface area contributed by atoms with E-state index < -0.39 is 0 Å². The van der Waals surface area contributed by atoms with E-state index in [0.29, 0.717) is 5.95 Å². The molecular weight excluding hydrogens is 252 g/mol. The van der Waals surface area contributed by atoms with Gasteiger partial charge in [0.15, 0.2) is 0 Å². The second-order valence-corrected chi connectivity index (χ2v) is 7.05. The van der Waals surface area contributed by atoms with Gasteiger partial charge in [-0.3, -0.25) is 0 Å². The highest BCUT2D eigenvalue weighted by atomic mass is 15.3. The first-order chi connectivity index (χ1) is 9.21. The van der Waals surface area contributed by atoms with Crippen molar-refractivity contribution in [2.24, 2.45) is 5.41 Å². The fraction of sp³-hybridized carbons (Fsp3) is 0.714. The summed E-state index contributed by atoms with van der Waals surface area (Å²) in [7, 11) is 1.99. The Morgan fingerprint density at radius 2 is 2.00 bits per heavy atom. The summed E-state index contributed by atoms with van der Waals surface area (Å²) in [5.74, 6) is 2.00. The molecule has 0 bridgehead atoms. The maximum Gasteiger partial charge on any atom is 0.223 e. The van der Waals surface area contributed by atoms with Gasteiger partial charge >= 0.3 is 0 Å². The van der Waals surface area contributed by atoms with Crippen molar-refractivity contribution in [3.8, 4) is 0 Å². The quantitative estimate of drug-likeness (QED) is 0.771. The van der Waals surface area contributed by atoms with Crippen LogP contribution in [0, 0.1) is 5.41 Å². The van der Waals surface area contributed by atoms with Crippen LogP contribution in [0.25, 0.3) is 0 Å². The molecule has 0 unspecified atom stereocenters. The molecule has 2 heterocycles. The molecule has 1 aromatic rings. The van der Waals surface area contributed by atoms with Gasteiger partial charge in [-0.25, -0.2) is 0 Å². The Kier molecular flexibility index (Phi) is 3.77. The van der Waals surface area contributed by atoms with Gasteiger partial charge in [-0.15, -0.1) is 0 Å². The first kappa shape index (κ1) is 14.8. The lowest BCUT2D eigenvalue weighted by Crippen LogP contribution is -2.67. The first-order valence-electron chi connectivity index (χ1n) is 7.03. The maximum absolute atomic E-state index is 5.81. The maximum atomic E-state index is 5.81. The standard InChI is InChI=1S/C14H26N6/c1-13(2,3)7-17-10-6-11(19-12(15)18-10)20-8-14(4,9-20)16-5/h6,16H,7-9H2,1-5H3,(H3,15,17,18,19). The number of nitrogens with one attached hydrogen (secondary N) is 2. The van der Waals surface area contributed by atoms with E-state index in [0.717, 1.165) is 31.3 Å². The van der Waals surface area contributed by atoms with Gasteiger partial charge in [-0.1, -0.05) is 20.8 Å². The molecule has 1 saturated heterocycles. The Bertz CT molecular complexity index is 473. The van der Waals surface area contributed by atoms with Gasteiger partial charge in [0.25, 0.3) is 0 Å². The molecule has 0 aromatic carbocycles. The second kappa shape index (κ2) is 5.09. The Morgan fingerprint density at radius 3 is 2.55 bits per heavy atom. The number of nitrogens with zero attached hydrogens (tertiary/aromatic N) is 3. The third-order valence-corrected chi connectivity index (χ3v) is 3.54. The van der Waals surface area contributed by atoms with Crippen LogP contribution in [-0.2, 0) is 0 Å². The summed E-state index contributed by atoms with van der Waals surface area (Å²) >= 11 is 0. The van der Waals surface area contributed by atoms with Crippen molar-refractivity contribution in [1.82, 2.24) is 15.3 Å². The molecule has 0 atom stereocenters. The van der Waals surface area contributed by atoms with E-state index >= 15 is 0 Å². The highest BCUT2D eigenvalue weighted by Crippen LogP contribution is 2.27. The van der Waals surface area contributed by atoms with Gasteiger partial charge < -0.3 is 21.3 Å². The number of aromatic nitrogens is 2. The van der Waals surface area contributed by atoms with E-state index in [1.54, 1.807) is 0 Å². The summed E-state index contributed by atoms with van der Waals surface area (Å²) in [6.45, 7) is 11.4. The normalized spacial score (nSPS) is 17.8. The molecule has 112 valence electrons. The molecule has 0 amide bonds. The number of nitrogen functional groups attached to an aromatic ring is 1. The molecule has 1 aliphatic heterocycles. The lowest BCUT2D eigenvalue weighted by Gasteiger charge is -2.48. The van der Waals surface area contributed by atoms with E-state index in [1.165, 1.54) is 0 Å². The SMILES string of the molecule is CNC1(C)CN(c2cc(NCC(C)(C)C)nc(N)n2)C1. The Balaban J connectivity index is 2.06. The summed E-state index contributed by atoms with van der Waals surface area (Å²) in [5.41, 5.74) is 6.17. The van der Waals surface area contributed by atoms with Crippen LogP contribution in [0.1, 0.15) is 27.7 Å². The van der Waals surface area contributed by atoms with Crippen LogP contribution in [0.3, 0.4) is 0 Å². The minimum absolute atomic E-state index is 0.165. The zero-order valence-electron chi connectivity index (χ0n) is 13.1. The van der Waals surface area contributed by atoms with Crippen LogP contribution < -0.4 is 21.3 Å². The van der Waals surface area contributed by atoms with Crippen molar-refractivity contribution in [3.05, 3.63) is 6.07 Å². The van der Waals surface area contributed by atoms with Crippen LogP contribution >= 0.6 is 0 Å². The molecule has 1 fully saturated rings. The lowest BCUT2D eigenvalue weighted by molar-refractivity contribution is 0.301. The van der Waals surface area contributed by atoms with Gasteiger partial charge in [0.05, 0.1) is 5.54 Å². The summed E-state index contributed by atoms with van der Waals surface area (Å²) in [5, 5.41) is 6.65. The van der Waals surface area contributed by atoms with E-state index in [1.807, 2.05) is 13.1 Å². The zero-order chi connectivity index (χ0) is 15.0. The fourth-order valence-corrected chi connectivity index (χ4v) is 2.18. The average Bonchev–Trinajstić information content (AvgIpc) is 2.31. The minimum Gasteiger partial charge on any atom is -0.369 e. The highest BCUT2D eigenvalue weighted by Gasteiger charge is 2.38. The van der Waals surface area contributed by atoms with Gasteiger partial charge in [-0.05, 0) is 19.4 Å². The fourth-order valence-electron chi connectivity index (χ4n) is 2.18. The number of rotatable bonds is 4. The number of hydrogen-bond acceptors (Lipinski definition) is 6. The smallest absolute Gasteiger partial charge is 0.223 e. The molecule has 0 aliphatic carbocycles. The van der Waals surface area contributed by atoms with E-state index in [-0.39, 0.29) is 11.0 Å². The van der Waals surface area contributed by atoms with Crippen molar-refractivity contribution in [3.63, 3.8) is 0 Å². The van der Waals surface area contributed by atoms with Crippen LogP contribution in [0.15, 0.2) is 6.07 Å². The number of anilines is 3. The second-order valence-electron chi connectivity index (χ2n) is 7.05. The summed E-state index contributed by atoms with van der Waals surface area (Å²) < 4.78 is 0. The van der Waals surface area contributed by atoms with Gasteiger partial charge in [-0.2, -0.15) is 9.97 Å². The largest absolute Gasteiger partial charge is 0.369 e. The molecule has 6 nitrogen and oxygen atoms in total. The highest BCUT2D eigenvalue weighted by molar-refractivity contribution is 5.55. The van der Waals surface area contributed by atoms with Crippen molar-refractivity contribution < 1.29 is 0 Å². The van der Waals surface area contributed by atoms with Gasteiger partial charge in [0, 0.05) is 25.7 Å². The van der Waals surface area contributed by atoms with Crippen molar-refractivity contribution >= 4 is 17.6 Å². The molecule has 0 radical (unpaired) electrons. The summed E-state index contributed by atoms with van der Waals surface area (Å²) in [6.07, 6.45) is 0. The predicted octanol–water partition coefficient (Wildman–Crippen LogP) is 1.31. The van der Waals surface area contributed by atoms with Crippen LogP contribution in [0.4, 0.5) is 17.6 Å². The predicted molar refractivity (Wildman–Crippen MR) is 84.1 cm³/mol. The third-order valence-electron chi connectivity index (χ3n) is 3.54. The van der Waals surface area contributed by atoms with Crippen LogP contribution in [0.5, 0.6) is 0 Å². The van der Waals surface area contributed by atoms with Crippen LogP contribution in [-0.4, -0.2) is 42.2 Å². The molecule has 1 aliphatic rings. The Labute approximate surface area is 121 Å². The van der Waals surface area contributed by atoms with E-state index in [9.17, 15) is 0 Å². The van der Waals surface area contributed by atoms with Crippen molar-refractivity contribution in [1.29, 1.82) is 0 Å². The summed E-state index contributed by atoms with van der Waals surface area (Å²) in [4.78, 5) is 10.8. The molecule has 20 heavy (non-hydrogen) atoms. The minimum atomic E-state index is 0.165. The molecular formula is C14H26N6. The lowest BCUT2D eigenvalue weighted by atomic mass is 9.92. The van der Waals surface area contributed by atoms with Crippen molar-refractivity contribution in [2.75, 3.05) is 42.6 Å². The number of likely N-dealkylation sites (N-methyl/N-ethyl adjacent to an activating group) is 1. The molecule has 0 spiro atoms. The van der Waals surface area contributed by atoms with Crippen molar-refractivity contribution in [2.45, 2.75) is 33.2 Å². The van der Waals surface area contributed by atoms with E-state index in [2.05, 4.69) is 53.2 Å². The monoisotopic (exact) mass is 278 g/mol. The first-order valence-corrected chi connectivity index (χ1v) is 7.03. The number of hydrogen-bond donors (Lipinski definition) is 3. The van der Waals surface area contributed by atoms with Crippen LogP contribution in [0.2, 0.25) is 0 Å². The molecule has 1 aromatic heterocycles. The zero-order valence-corrected chi connectivity index (χ0v) is 13.1. The van der Waals surface area contributed by atoms with E-state index in [4.69, 9.17) is 5.73 Å². The molecule has 2 rings (SSSR count). The Hall–Kier alpha value is -1.56. The Morgan fingerprint density at radius 1 is 1.35 bits per heavy atom. The topological polar surface area (TPSA) is 79.1 Å². The molecule has 0 saturated carbocycles. The molecule has 6 heteroatoms. The van der Waals surface area contributed by atoms with Gasteiger partial charge in [0.2, 0.25) is 5.95 Å². The number of nitrogens with two attached hydrogens (primary N) is 1. The average molecular weight is 278 g/mol. The summed E-state index contributed by atoms with van der Waals surface area (Å²) in [6, 6.07) is 1.97.